The van der Waals surface area contributed by atoms with Crippen molar-refractivity contribution >= 4 is 40.5 Å². The largest absolute Gasteiger partial charge is 0.462 e. The van der Waals surface area contributed by atoms with Crippen LogP contribution < -0.4 is 0 Å². The highest BCUT2D eigenvalue weighted by atomic mass is 35.5. The molecule has 0 aromatic carbocycles. The lowest BCUT2D eigenvalue weighted by Gasteiger charge is -1.95. The summed E-state index contributed by atoms with van der Waals surface area (Å²) in [5, 5.41) is 0.393. The van der Waals surface area contributed by atoms with E-state index in [1.807, 2.05) is 0 Å². The number of halogens is 2. The summed E-state index contributed by atoms with van der Waals surface area (Å²) in [7, 11) is 0. The first-order valence-electron chi connectivity index (χ1n) is 3.27. The third-order valence-electron chi connectivity index (χ3n) is 1.12. The van der Waals surface area contributed by atoms with Gasteiger partial charge >= 0.3 is 5.97 Å². The minimum atomic E-state index is -0.378. The molecule has 0 radical (unpaired) electrons. The van der Waals surface area contributed by atoms with Gasteiger partial charge in [-0.3, -0.25) is 0 Å². The molecule has 0 amide bonds. The summed E-state index contributed by atoms with van der Waals surface area (Å²) >= 11 is 12.4. The molecule has 0 fully saturated rings. The lowest BCUT2D eigenvalue weighted by molar-refractivity contribution is 0.0532. The van der Waals surface area contributed by atoms with Crippen LogP contribution in [0.4, 0.5) is 0 Å². The minimum Gasteiger partial charge on any atom is -0.462 e. The van der Waals surface area contributed by atoms with Gasteiger partial charge in [-0.15, -0.1) is 11.3 Å². The Balaban J connectivity index is 2.82. The minimum absolute atomic E-state index is 0.353. The van der Waals surface area contributed by atoms with E-state index in [4.69, 9.17) is 27.9 Å². The standard InChI is InChI=1S/C7H6Cl2O2S/c1-2-11-7(10)5-3-4(8)6(9)12-5/h3H,2H2,1H3. The van der Waals surface area contributed by atoms with Crippen molar-refractivity contribution in [1.29, 1.82) is 0 Å². The van der Waals surface area contributed by atoms with Crippen LogP contribution in [0.25, 0.3) is 0 Å². The predicted octanol–water partition coefficient (Wildman–Crippen LogP) is 3.23. The molecule has 5 heteroatoms. The second-order valence-electron chi connectivity index (χ2n) is 1.95. The molecular formula is C7H6Cl2O2S. The van der Waals surface area contributed by atoms with Crippen LogP contribution in [0.15, 0.2) is 6.07 Å². The summed E-state index contributed by atoms with van der Waals surface area (Å²) in [4.78, 5) is 11.5. The van der Waals surface area contributed by atoms with E-state index in [9.17, 15) is 4.79 Å². The molecule has 0 atom stereocenters. The fourth-order valence-electron chi connectivity index (χ4n) is 0.649. The Hall–Kier alpha value is -0.250. The highest BCUT2D eigenvalue weighted by Crippen LogP contribution is 2.31. The molecule has 1 heterocycles. The maximum Gasteiger partial charge on any atom is 0.348 e. The first kappa shape index (κ1) is 9.84. The third-order valence-corrected chi connectivity index (χ3v) is 2.97. The Morgan fingerprint density at radius 3 is 2.75 bits per heavy atom. The Labute approximate surface area is 84.0 Å². The zero-order valence-electron chi connectivity index (χ0n) is 6.27. The second kappa shape index (κ2) is 4.12. The van der Waals surface area contributed by atoms with Gasteiger partial charge < -0.3 is 4.74 Å². The first-order chi connectivity index (χ1) is 5.65. The fraction of sp³-hybridized carbons (Fsp3) is 0.286. The van der Waals surface area contributed by atoms with Crippen molar-refractivity contribution in [2.75, 3.05) is 6.61 Å². The van der Waals surface area contributed by atoms with E-state index in [0.29, 0.717) is 20.8 Å². The van der Waals surface area contributed by atoms with Crippen molar-refractivity contribution in [3.63, 3.8) is 0 Å². The van der Waals surface area contributed by atoms with Crippen molar-refractivity contribution in [3.8, 4) is 0 Å². The number of rotatable bonds is 2. The summed E-state index contributed by atoms with van der Waals surface area (Å²) in [5.74, 6) is -0.378. The monoisotopic (exact) mass is 224 g/mol. The molecule has 0 saturated carbocycles. The first-order valence-corrected chi connectivity index (χ1v) is 4.84. The lowest BCUT2D eigenvalue weighted by atomic mass is 10.5. The topological polar surface area (TPSA) is 26.3 Å². The van der Waals surface area contributed by atoms with Crippen LogP contribution in [-0.4, -0.2) is 12.6 Å². The van der Waals surface area contributed by atoms with Gasteiger partial charge in [0.1, 0.15) is 9.21 Å². The fourth-order valence-corrected chi connectivity index (χ4v) is 1.91. The van der Waals surface area contributed by atoms with Gasteiger partial charge in [-0.25, -0.2) is 4.79 Å². The van der Waals surface area contributed by atoms with E-state index >= 15 is 0 Å². The average Bonchev–Trinajstić information content (AvgIpc) is 2.33. The molecule has 0 N–H and O–H groups in total. The molecule has 0 unspecified atom stereocenters. The maximum atomic E-state index is 11.1. The van der Waals surface area contributed by atoms with Gasteiger partial charge in [0.2, 0.25) is 0 Å². The second-order valence-corrected chi connectivity index (χ2v) is 4.01. The SMILES string of the molecule is CCOC(=O)c1cc(Cl)c(Cl)s1. The van der Waals surface area contributed by atoms with Crippen LogP contribution in [0, 0.1) is 0 Å². The predicted molar refractivity (Wildman–Crippen MR) is 50.3 cm³/mol. The van der Waals surface area contributed by atoms with Crippen molar-refractivity contribution in [3.05, 3.63) is 20.3 Å². The van der Waals surface area contributed by atoms with Crippen LogP contribution in [-0.2, 0) is 4.74 Å². The van der Waals surface area contributed by atoms with Gasteiger partial charge in [0, 0.05) is 0 Å². The molecule has 12 heavy (non-hydrogen) atoms. The van der Waals surface area contributed by atoms with Crippen LogP contribution in [0.1, 0.15) is 16.6 Å². The highest BCUT2D eigenvalue weighted by molar-refractivity contribution is 7.18. The van der Waals surface area contributed by atoms with E-state index in [2.05, 4.69) is 0 Å². The Morgan fingerprint density at radius 1 is 1.67 bits per heavy atom. The molecule has 0 aliphatic carbocycles. The number of ether oxygens (including phenoxy) is 1. The van der Waals surface area contributed by atoms with Gasteiger partial charge in [0.05, 0.1) is 11.6 Å². The number of hydrogen-bond donors (Lipinski definition) is 0. The Bertz CT molecular complexity index is 276. The van der Waals surface area contributed by atoms with Crippen LogP contribution >= 0.6 is 34.5 Å². The highest BCUT2D eigenvalue weighted by Gasteiger charge is 2.12. The molecule has 0 saturated heterocycles. The smallest absolute Gasteiger partial charge is 0.348 e. The summed E-state index contributed by atoms with van der Waals surface area (Å²) < 4.78 is 5.17. The number of hydrogen-bond acceptors (Lipinski definition) is 3. The van der Waals surface area contributed by atoms with Gasteiger partial charge in [0.25, 0.3) is 0 Å². The van der Waals surface area contributed by atoms with Gasteiger partial charge in [0.15, 0.2) is 0 Å². The summed E-state index contributed by atoms with van der Waals surface area (Å²) in [5.41, 5.74) is 0. The summed E-state index contributed by atoms with van der Waals surface area (Å²) in [6, 6.07) is 1.51. The van der Waals surface area contributed by atoms with Crippen molar-refractivity contribution in [1.82, 2.24) is 0 Å². The van der Waals surface area contributed by atoms with Crippen LogP contribution in [0.2, 0.25) is 9.36 Å². The van der Waals surface area contributed by atoms with E-state index in [1.165, 1.54) is 6.07 Å². The average molecular weight is 225 g/mol. The van der Waals surface area contributed by atoms with Crippen molar-refractivity contribution < 1.29 is 9.53 Å². The van der Waals surface area contributed by atoms with E-state index in [1.54, 1.807) is 6.92 Å². The quantitative estimate of drug-likeness (QED) is 0.722. The molecule has 0 aliphatic rings. The van der Waals surface area contributed by atoms with E-state index in [0.717, 1.165) is 11.3 Å². The number of carbonyl (C=O) groups excluding carboxylic acids is 1. The van der Waals surface area contributed by atoms with Crippen molar-refractivity contribution in [2.45, 2.75) is 6.92 Å². The zero-order chi connectivity index (χ0) is 9.14. The van der Waals surface area contributed by atoms with Crippen LogP contribution in [0.5, 0.6) is 0 Å². The normalized spacial score (nSPS) is 9.92. The van der Waals surface area contributed by atoms with Gasteiger partial charge in [-0.2, -0.15) is 0 Å². The molecule has 1 aromatic heterocycles. The zero-order valence-corrected chi connectivity index (χ0v) is 8.59. The molecule has 2 nitrogen and oxygen atoms in total. The molecule has 1 rings (SSSR count). The summed E-state index contributed by atoms with van der Waals surface area (Å²) in [6.07, 6.45) is 0. The number of esters is 1. The molecule has 66 valence electrons. The van der Waals surface area contributed by atoms with E-state index < -0.39 is 0 Å². The molecular weight excluding hydrogens is 219 g/mol. The lowest BCUT2D eigenvalue weighted by Crippen LogP contribution is -2.01. The summed E-state index contributed by atoms with van der Waals surface area (Å²) in [6.45, 7) is 2.10. The molecule has 0 aliphatic heterocycles. The van der Waals surface area contributed by atoms with Gasteiger partial charge in [-0.05, 0) is 13.0 Å². The van der Waals surface area contributed by atoms with Crippen LogP contribution in [0.3, 0.4) is 0 Å². The Kier molecular flexibility index (Phi) is 3.38. The number of carbonyl (C=O) groups is 1. The molecule has 1 aromatic rings. The maximum absolute atomic E-state index is 11.1. The molecule has 0 spiro atoms. The third kappa shape index (κ3) is 2.12. The molecule has 0 bridgehead atoms. The van der Waals surface area contributed by atoms with Gasteiger partial charge in [-0.1, -0.05) is 23.2 Å². The van der Waals surface area contributed by atoms with Crippen molar-refractivity contribution in [2.24, 2.45) is 0 Å². The Morgan fingerprint density at radius 2 is 2.33 bits per heavy atom. The number of thiophene rings is 1. The van der Waals surface area contributed by atoms with E-state index in [-0.39, 0.29) is 5.97 Å².